The van der Waals surface area contributed by atoms with Gasteiger partial charge in [0.15, 0.2) is 0 Å². The van der Waals surface area contributed by atoms with Gasteiger partial charge in [0, 0.05) is 10.5 Å². The van der Waals surface area contributed by atoms with Crippen LogP contribution in [0.3, 0.4) is 0 Å². The van der Waals surface area contributed by atoms with Gasteiger partial charge >= 0.3 is 0 Å². The fourth-order valence-electron chi connectivity index (χ4n) is 1.45. The van der Waals surface area contributed by atoms with Gasteiger partial charge in [-0.25, -0.2) is 0 Å². The Bertz CT molecular complexity index is 418. The molecule has 0 fully saturated rings. The van der Waals surface area contributed by atoms with Crippen molar-refractivity contribution >= 4 is 34.2 Å². The molecule has 5 heteroatoms. The summed E-state index contributed by atoms with van der Waals surface area (Å²) in [7, 11) is 0. The van der Waals surface area contributed by atoms with E-state index < -0.39 is 5.54 Å². The van der Waals surface area contributed by atoms with Crippen molar-refractivity contribution in [3.05, 3.63) is 34.3 Å². The second-order valence-electron chi connectivity index (χ2n) is 5.22. The number of rotatable bonds is 4. The van der Waals surface area contributed by atoms with E-state index in [-0.39, 0.29) is 24.4 Å². The van der Waals surface area contributed by atoms with E-state index in [9.17, 15) is 4.79 Å². The van der Waals surface area contributed by atoms with E-state index in [0.717, 1.165) is 10.0 Å². The molecule has 1 amide bonds. The SMILES string of the molecule is CC(C)C(C)NC(=O)C(C)(N)c1ccc(Br)cc1.Cl. The first-order valence-corrected chi connectivity index (χ1v) is 6.90. The van der Waals surface area contributed by atoms with Gasteiger partial charge in [0.2, 0.25) is 5.91 Å². The summed E-state index contributed by atoms with van der Waals surface area (Å²) in [6.07, 6.45) is 0. The highest BCUT2D eigenvalue weighted by Crippen LogP contribution is 2.21. The first kappa shape index (κ1) is 18.4. The molecule has 2 unspecified atom stereocenters. The Kier molecular flexibility index (Phi) is 7.05. The van der Waals surface area contributed by atoms with Crippen molar-refractivity contribution < 1.29 is 4.79 Å². The van der Waals surface area contributed by atoms with E-state index in [2.05, 4.69) is 35.1 Å². The van der Waals surface area contributed by atoms with Gasteiger partial charge in [-0.15, -0.1) is 12.4 Å². The van der Waals surface area contributed by atoms with Crippen molar-refractivity contribution in [3.8, 4) is 0 Å². The molecule has 108 valence electrons. The molecule has 0 bridgehead atoms. The normalized spacial score (nSPS) is 15.3. The maximum Gasteiger partial charge on any atom is 0.244 e. The molecule has 0 saturated carbocycles. The summed E-state index contributed by atoms with van der Waals surface area (Å²) >= 11 is 3.37. The number of carbonyl (C=O) groups is 1. The minimum Gasteiger partial charge on any atom is -0.351 e. The zero-order valence-electron chi connectivity index (χ0n) is 11.7. The third-order valence-corrected chi connectivity index (χ3v) is 3.80. The zero-order valence-corrected chi connectivity index (χ0v) is 14.1. The fourth-order valence-corrected chi connectivity index (χ4v) is 1.71. The lowest BCUT2D eigenvalue weighted by Gasteiger charge is -2.27. The number of nitrogens with two attached hydrogens (primary N) is 1. The molecular formula is C14H22BrClN2O. The molecule has 19 heavy (non-hydrogen) atoms. The summed E-state index contributed by atoms with van der Waals surface area (Å²) in [4.78, 5) is 12.2. The molecule has 0 aromatic heterocycles. The Balaban J connectivity index is 0.00000324. The molecule has 1 rings (SSSR count). The summed E-state index contributed by atoms with van der Waals surface area (Å²) in [6.45, 7) is 7.86. The summed E-state index contributed by atoms with van der Waals surface area (Å²) in [5.74, 6) is 0.237. The molecule has 0 spiro atoms. The van der Waals surface area contributed by atoms with Crippen LogP contribution < -0.4 is 11.1 Å². The Labute approximate surface area is 129 Å². The van der Waals surface area contributed by atoms with E-state index in [0.29, 0.717) is 5.92 Å². The Morgan fingerprint density at radius 3 is 2.16 bits per heavy atom. The molecule has 1 aromatic carbocycles. The van der Waals surface area contributed by atoms with Gasteiger partial charge < -0.3 is 11.1 Å². The predicted octanol–water partition coefficient (Wildman–Crippen LogP) is 3.21. The van der Waals surface area contributed by atoms with Crippen LogP contribution in [0.15, 0.2) is 28.7 Å². The van der Waals surface area contributed by atoms with Crippen molar-refractivity contribution in [3.63, 3.8) is 0 Å². The first-order chi connectivity index (χ1) is 8.25. The molecule has 3 N–H and O–H groups in total. The quantitative estimate of drug-likeness (QED) is 0.877. The van der Waals surface area contributed by atoms with Crippen molar-refractivity contribution in [2.24, 2.45) is 11.7 Å². The van der Waals surface area contributed by atoms with Crippen molar-refractivity contribution in [2.75, 3.05) is 0 Å². The van der Waals surface area contributed by atoms with Crippen LogP contribution in [0.2, 0.25) is 0 Å². The van der Waals surface area contributed by atoms with E-state index >= 15 is 0 Å². The van der Waals surface area contributed by atoms with Crippen LogP contribution in [-0.2, 0) is 10.3 Å². The summed E-state index contributed by atoms with van der Waals surface area (Å²) in [6, 6.07) is 7.61. The smallest absolute Gasteiger partial charge is 0.244 e. The van der Waals surface area contributed by atoms with Crippen LogP contribution in [0.1, 0.15) is 33.3 Å². The van der Waals surface area contributed by atoms with E-state index in [1.807, 2.05) is 31.2 Å². The van der Waals surface area contributed by atoms with E-state index in [4.69, 9.17) is 5.73 Å². The second kappa shape index (κ2) is 7.27. The van der Waals surface area contributed by atoms with Gasteiger partial charge in [-0.1, -0.05) is 41.9 Å². The third kappa shape index (κ3) is 4.79. The van der Waals surface area contributed by atoms with Crippen molar-refractivity contribution in [2.45, 2.75) is 39.3 Å². The van der Waals surface area contributed by atoms with Gasteiger partial charge in [-0.05, 0) is 37.5 Å². The van der Waals surface area contributed by atoms with Crippen molar-refractivity contribution in [1.29, 1.82) is 0 Å². The number of amides is 1. The van der Waals surface area contributed by atoms with Gasteiger partial charge in [0.1, 0.15) is 5.54 Å². The van der Waals surface area contributed by atoms with E-state index in [1.54, 1.807) is 6.92 Å². The molecule has 0 aliphatic heterocycles. The molecule has 0 aliphatic carbocycles. The lowest BCUT2D eigenvalue weighted by molar-refractivity contribution is -0.127. The number of nitrogens with one attached hydrogen (secondary N) is 1. The molecule has 3 nitrogen and oxygen atoms in total. The summed E-state index contributed by atoms with van der Waals surface area (Å²) in [5, 5.41) is 2.96. The summed E-state index contributed by atoms with van der Waals surface area (Å²) in [5.41, 5.74) is 5.95. The maximum atomic E-state index is 12.2. The maximum absolute atomic E-state index is 12.2. The van der Waals surface area contributed by atoms with Crippen LogP contribution in [0.5, 0.6) is 0 Å². The van der Waals surface area contributed by atoms with E-state index in [1.165, 1.54) is 0 Å². The largest absolute Gasteiger partial charge is 0.351 e. The number of benzene rings is 1. The number of hydrogen-bond acceptors (Lipinski definition) is 2. The molecule has 0 aliphatic rings. The number of halogens is 2. The summed E-state index contributed by atoms with van der Waals surface area (Å²) < 4.78 is 0.970. The van der Waals surface area contributed by atoms with Crippen LogP contribution in [-0.4, -0.2) is 11.9 Å². The minimum absolute atomic E-state index is 0. The Morgan fingerprint density at radius 1 is 1.26 bits per heavy atom. The Hall–Kier alpha value is -0.580. The molecule has 0 saturated heterocycles. The minimum atomic E-state index is -1.01. The highest BCUT2D eigenvalue weighted by Gasteiger charge is 2.31. The van der Waals surface area contributed by atoms with Gasteiger partial charge in [-0.2, -0.15) is 0 Å². The molecular weight excluding hydrogens is 328 g/mol. The Morgan fingerprint density at radius 2 is 1.74 bits per heavy atom. The standard InChI is InChI=1S/C14H21BrN2O.ClH/c1-9(2)10(3)17-13(18)14(4,16)11-5-7-12(15)8-6-11;/h5-10H,16H2,1-4H3,(H,17,18);1H. The molecule has 0 heterocycles. The van der Waals surface area contributed by atoms with Crippen LogP contribution in [0.4, 0.5) is 0 Å². The highest BCUT2D eigenvalue weighted by molar-refractivity contribution is 9.10. The van der Waals surface area contributed by atoms with Gasteiger partial charge in [0.05, 0.1) is 0 Å². The average Bonchev–Trinajstić information content (AvgIpc) is 2.29. The van der Waals surface area contributed by atoms with Gasteiger partial charge in [0.25, 0.3) is 0 Å². The van der Waals surface area contributed by atoms with Crippen molar-refractivity contribution in [1.82, 2.24) is 5.32 Å². The zero-order chi connectivity index (χ0) is 13.9. The van der Waals surface area contributed by atoms with Crippen LogP contribution in [0, 0.1) is 5.92 Å². The van der Waals surface area contributed by atoms with Gasteiger partial charge in [-0.3, -0.25) is 4.79 Å². The molecule has 1 aromatic rings. The highest BCUT2D eigenvalue weighted by atomic mass is 79.9. The predicted molar refractivity (Wildman–Crippen MR) is 85.4 cm³/mol. The first-order valence-electron chi connectivity index (χ1n) is 6.11. The third-order valence-electron chi connectivity index (χ3n) is 3.27. The monoisotopic (exact) mass is 348 g/mol. The number of hydrogen-bond donors (Lipinski definition) is 2. The molecule has 0 radical (unpaired) electrons. The lowest BCUT2D eigenvalue weighted by Crippen LogP contribution is -2.52. The lowest BCUT2D eigenvalue weighted by atomic mass is 9.91. The fraction of sp³-hybridized carbons (Fsp3) is 0.500. The number of carbonyl (C=O) groups excluding carboxylic acids is 1. The average molecular weight is 350 g/mol. The second-order valence-corrected chi connectivity index (χ2v) is 6.13. The van der Waals surface area contributed by atoms with Crippen LogP contribution >= 0.6 is 28.3 Å². The topological polar surface area (TPSA) is 55.1 Å². The van der Waals surface area contributed by atoms with Crippen LogP contribution in [0.25, 0.3) is 0 Å². The molecule has 2 atom stereocenters.